The molecular weight excluding hydrogens is 268 g/mol. The van der Waals surface area contributed by atoms with Gasteiger partial charge < -0.3 is 10.1 Å². The summed E-state index contributed by atoms with van der Waals surface area (Å²) in [6.45, 7) is 4.18. The molecule has 0 saturated heterocycles. The Morgan fingerprint density at radius 3 is 2.65 bits per heavy atom. The fraction of sp³-hybridized carbons (Fsp3) is 0.438. The summed E-state index contributed by atoms with van der Waals surface area (Å²) in [5.74, 6) is 1.49. The number of aromatic nitrogens is 1. The topological polar surface area (TPSA) is 34.1 Å². The van der Waals surface area contributed by atoms with Crippen molar-refractivity contribution in [3.05, 3.63) is 46.4 Å². The zero-order valence-electron chi connectivity index (χ0n) is 12.1. The number of ether oxygens (including phenoxy) is 1. The molecule has 1 heterocycles. The minimum absolute atomic E-state index is 0.574. The summed E-state index contributed by atoms with van der Waals surface area (Å²) in [5.41, 5.74) is 4.46. The van der Waals surface area contributed by atoms with E-state index in [1.165, 1.54) is 11.3 Å². The Labute approximate surface area is 125 Å². The molecule has 0 fully saturated rings. The number of methoxy groups -OCH3 is 1. The maximum Gasteiger partial charge on any atom is 0.118 e. The van der Waals surface area contributed by atoms with Crippen molar-refractivity contribution < 1.29 is 4.74 Å². The lowest BCUT2D eigenvalue weighted by atomic mass is 9.95. The molecule has 108 valence electrons. The minimum atomic E-state index is 0.574. The van der Waals surface area contributed by atoms with E-state index in [-0.39, 0.29) is 0 Å². The average Bonchev–Trinajstić information content (AvgIpc) is 2.98. The third kappa shape index (κ3) is 4.62. The molecule has 0 bridgehead atoms. The lowest BCUT2D eigenvalue weighted by Gasteiger charge is -2.16. The summed E-state index contributed by atoms with van der Waals surface area (Å²) in [7, 11) is 1.70. The fourth-order valence-electron chi connectivity index (χ4n) is 2.29. The van der Waals surface area contributed by atoms with Crippen LogP contribution in [0, 0.1) is 5.92 Å². The van der Waals surface area contributed by atoms with Crippen LogP contribution < -0.4 is 10.1 Å². The molecule has 3 nitrogen and oxygen atoms in total. The van der Waals surface area contributed by atoms with E-state index in [1.807, 2.05) is 17.6 Å². The number of hydrogen-bond donors (Lipinski definition) is 1. The van der Waals surface area contributed by atoms with Crippen LogP contribution in [0.4, 0.5) is 0 Å². The predicted octanol–water partition coefficient (Wildman–Crippen LogP) is 3.16. The Morgan fingerprint density at radius 1 is 1.25 bits per heavy atom. The Balaban J connectivity index is 1.98. The molecular formula is C16H22N2OS. The highest BCUT2D eigenvalue weighted by Crippen LogP contribution is 2.17. The van der Waals surface area contributed by atoms with Crippen LogP contribution in [0.2, 0.25) is 0 Å². The van der Waals surface area contributed by atoms with Crippen molar-refractivity contribution in [1.29, 1.82) is 0 Å². The van der Waals surface area contributed by atoms with Crippen molar-refractivity contribution in [3.8, 4) is 5.75 Å². The van der Waals surface area contributed by atoms with Gasteiger partial charge in [-0.25, -0.2) is 4.98 Å². The predicted molar refractivity (Wildman–Crippen MR) is 84.5 cm³/mol. The number of rotatable bonds is 8. The molecule has 0 spiro atoms. The molecule has 0 aliphatic heterocycles. The molecule has 1 aromatic heterocycles. The monoisotopic (exact) mass is 290 g/mol. The van der Waals surface area contributed by atoms with E-state index in [2.05, 4.69) is 34.7 Å². The van der Waals surface area contributed by atoms with E-state index in [9.17, 15) is 0 Å². The summed E-state index contributed by atoms with van der Waals surface area (Å²) in [5, 5.41) is 5.60. The molecule has 4 heteroatoms. The normalized spacial score (nSPS) is 12.3. The van der Waals surface area contributed by atoms with Crippen LogP contribution in [0.3, 0.4) is 0 Å². The quantitative estimate of drug-likeness (QED) is 0.811. The number of nitrogens with zero attached hydrogens (tertiary/aromatic N) is 1. The molecule has 2 aromatic rings. The van der Waals surface area contributed by atoms with Gasteiger partial charge >= 0.3 is 0 Å². The van der Waals surface area contributed by atoms with Crippen molar-refractivity contribution in [1.82, 2.24) is 10.3 Å². The first-order valence-electron chi connectivity index (χ1n) is 7.02. The molecule has 1 atom stereocenters. The van der Waals surface area contributed by atoms with Crippen LogP contribution in [-0.2, 0) is 12.8 Å². The number of thiazole rings is 1. The molecule has 0 aliphatic rings. The first-order valence-corrected chi connectivity index (χ1v) is 7.96. The highest BCUT2D eigenvalue weighted by Gasteiger charge is 2.12. The van der Waals surface area contributed by atoms with Crippen molar-refractivity contribution in [3.63, 3.8) is 0 Å². The number of benzene rings is 1. The maximum absolute atomic E-state index is 5.20. The second-order valence-corrected chi connectivity index (χ2v) is 5.63. The summed E-state index contributed by atoms with van der Waals surface area (Å²) >= 11 is 1.67. The third-order valence-electron chi connectivity index (χ3n) is 3.35. The second-order valence-electron chi connectivity index (χ2n) is 4.91. The van der Waals surface area contributed by atoms with Crippen LogP contribution in [0.25, 0.3) is 0 Å². The van der Waals surface area contributed by atoms with Crippen LogP contribution in [-0.4, -0.2) is 25.2 Å². The lowest BCUT2D eigenvalue weighted by Crippen LogP contribution is -2.25. The first-order chi connectivity index (χ1) is 9.81. The molecule has 1 aromatic carbocycles. The largest absolute Gasteiger partial charge is 0.497 e. The Bertz CT molecular complexity index is 482. The summed E-state index contributed by atoms with van der Waals surface area (Å²) in [6.07, 6.45) is 2.09. The highest BCUT2D eigenvalue weighted by atomic mass is 32.1. The number of hydrogen-bond acceptors (Lipinski definition) is 4. The van der Waals surface area contributed by atoms with E-state index in [0.717, 1.165) is 31.7 Å². The van der Waals surface area contributed by atoms with Crippen molar-refractivity contribution >= 4 is 11.3 Å². The van der Waals surface area contributed by atoms with Crippen LogP contribution in [0.15, 0.2) is 35.2 Å². The van der Waals surface area contributed by atoms with E-state index in [0.29, 0.717) is 5.92 Å². The van der Waals surface area contributed by atoms with E-state index in [4.69, 9.17) is 4.74 Å². The molecule has 0 aliphatic carbocycles. The molecule has 1 N–H and O–H groups in total. The molecule has 1 unspecified atom stereocenters. The van der Waals surface area contributed by atoms with Crippen molar-refractivity contribution in [2.24, 2.45) is 5.92 Å². The van der Waals surface area contributed by atoms with Crippen LogP contribution >= 0.6 is 11.3 Å². The van der Waals surface area contributed by atoms with Gasteiger partial charge in [0.2, 0.25) is 0 Å². The lowest BCUT2D eigenvalue weighted by molar-refractivity contribution is 0.414. The van der Waals surface area contributed by atoms with Gasteiger partial charge in [0.05, 0.1) is 18.3 Å². The molecule has 20 heavy (non-hydrogen) atoms. The minimum Gasteiger partial charge on any atom is -0.497 e. The third-order valence-corrected chi connectivity index (χ3v) is 3.98. The van der Waals surface area contributed by atoms with Gasteiger partial charge in [0, 0.05) is 5.38 Å². The second kappa shape index (κ2) is 8.02. The van der Waals surface area contributed by atoms with Crippen molar-refractivity contribution in [2.45, 2.75) is 19.8 Å². The SMILES string of the molecule is CCNCC(Cc1ccc(OC)cc1)Cc1cscn1. The van der Waals surface area contributed by atoms with Gasteiger partial charge in [0.1, 0.15) is 5.75 Å². The molecule has 0 radical (unpaired) electrons. The van der Waals surface area contributed by atoms with Gasteiger partial charge in [0.15, 0.2) is 0 Å². The standard InChI is InChI=1S/C16H22N2OS/c1-3-17-10-14(9-15-11-20-12-18-15)8-13-4-6-16(19-2)7-5-13/h4-7,11-12,14,17H,3,8-10H2,1-2H3. The van der Waals surface area contributed by atoms with Crippen LogP contribution in [0.1, 0.15) is 18.2 Å². The van der Waals surface area contributed by atoms with Crippen molar-refractivity contribution in [2.75, 3.05) is 20.2 Å². The van der Waals surface area contributed by atoms with E-state index < -0.39 is 0 Å². The Kier molecular flexibility index (Phi) is 6.02. The molecule has 2 rings (SSSR count). The van der Waals surface area contributed by atoms with E-state index in [1.54, 1.807) is 18.4 Å². The van der Waals surface area contributed by atoms with Gasteiger partial charge in [-0.05, 0) is 49.5 Å². The summed E-state index contributed by atoms with van der Waals surface area (Å²) in [4.78, 5) is 4.40. The Hall–Kier alpha value is -1.39. The maximum atomic E-state index is 5.20. The first kappa shape index (κ1) is 15.0. The average molecular weight is 290 g/mol. The highest BCUT2D eigenvalue weighted by molar-refractivity contribution is 7.07. The molecule has 0 saturated carbocycles. The fourth-order valence-corrected chi connectivity index (χ4v) is 2.87. The van der Waals surface area contributed by atoms with Crippen LogP contribution in [0.5, 0.6) is 5.75 Å². The number of nitrogens with one attached hydrogen (secondary N) is 1. The summed E-state index contributed by atoms with van der Waals surface area (Å²) < 4.78 is 5.20. The van der Waals surface area contributed by atoms with Gasteiger partial charge in [-0.3, -0.25) is 0 Å². The molecule has 0 amide bonds. The van der Waals surface area contributed by atoms with Gasteiger partial charge in [-0.15, -0.1) is 11.3 Å². The van der Waals surface area contributed by atoms with Gasteiger partial charge in [-0.1, -0.05) is 19.1 Å². The smallest absolute Gasteiger partial charge is 0.118 e. The zero-order chi connectivity index (χ0) is 14.2. The van der Waals surface area contributed by atoms with E-state index >= 15 is 0 Å². The van der Waals surface area contributed by atoms with Gasteiger partial charge in [0.25, 0.3) is 0 Å². The zero-order valence-corrected chi connectivity index (χ0v) is 13.0. The summed E-state index contributed by atoms with van der Waals surface area (Å²) in [6, 6.07) is 8.36. The Morgan fingerprint density at radius 2 is 2.05 bits per heavy atom. The van der Waals surface area contributed by atoms with Gasteiger partial charge in [-0.2, -0.15) is 0 Å².